The van der Waals surface area contributed by atoms with Gasteiger partial charge in [0.05, 0.1) is 0 Å². The highest BCUT2D eigenvalue weighted by Gasteiger charge is 2.03. The molecule has 0 amide bonds. The van der Waals surface area contributed by atoms with Gasteiger partial charge in [-0.2, -0.15) is 0 Å². The van der Waals surface area contributed by atoms with Crippen molar-refractivity contribution in [2.45, 2.75) is 13.1 Å². The molecule has 0 fully saturated rings. The molecule has 0 aliphatic heterocycles. The van der Waals surface area contributed by atoms with Crippen molar-refractivity contribution in [1.82, 2.24) is 5.32 Å². The lowest BCUT2D eigenvalue weighted by Gasteiger charge is -2.09. The molecule has 0 aliphatic carbocycles. The van der Waals surface area contributed by atoms with Crippen LogP contribution in [-0.2, 0) is 13.1 Å². The Labute approximate surface area is 141 Å². The zero-order chi connectivity index (χ0) is 14.7. The lowest BCUT2D eigenvalue weighted by atomic mass is 10.0. The Kier molecular flexibility index (Phi) is 5.67. The molecule has 0 unspecified atom stereocenters. The van der Waals surface area contributed by atoms with Crippen molar-refractivity contribution in [3.05, 3.63) is 76.8 Å². The Morgan fingerprint density at radius 1 is 0.864 bits per heavy atom. The van der Waals surface area contributed by atoms with E-state index in [1.165, 1.54) is 16.3 Å². The van der Waals surface area contributed by atoms with E-state index in [9.17, 15) is 5.11 Å². The van der Waals surface area contributed by atoms with Crippen molar-refractivity contribution in [3.8, 4) is 5.75 Å². The number of hydrogen-bond donors (Lipinski definition) is 2. The molecule has 0 atom stereocenters. The molecule has 114 valence electrons. The molecule has 0 bridgehead atoms. The van der Waals surface area contributed by atoms with E-state index in [4.69, 9.17) is 11.6 Å². The molecule has 22 heavy (non-hydrogen) atoms. The molecule has 0 radical (unpaired) electrons. The molecule has 0 saturated heterocycles. The van der Waals surface area contributed by atoms with Gasteiger partial charge in [-0.05, 0) is 34.5 Å². The molecule has 0 spiro atoms. The van der Waals surface area contributed by atoms with E-state index >= 15 is 0 Å². The minimum atomic E-state index is 0. The van der Waals surface area contributed by atoms with E-state index in [1.807, 2.05) is 6.07 Å². The molecule has 2 nitrogen and oxygen atoms in total. The van der Waals surface area contributed by atoms with E-state index in [2.05, 4.69) is 41.7 Å². The van der Waals surface area contributed by atoms with E-state index in [-0.39, 0.29) is 18.2 Å². The molecule has 3 aromatic carbocycles. The number of phenols is 1. The Morgan fingerprint density at radius 3 is 2.45 bits per heavy atom. The largest absolute Gasteiger partial charge is 1.00 e. The Balaban J connectivity index is 0.00000176. The Hall–Kier alpha value is -1.74. The highest BCUT2D eigenvalue weighted by atomic mass is 35.5. The van der Waals surface area contributed by atoms with E-state index in [0.717, 1.165) is 12.1 Å². The van der Waals surface area contributed by atoms with E-state index < -0.39 is 0 Å². The van der Waals surface area contributed by atoms with Gasteiger partial charge >= 0.3 is 0 Å². The number of benzene rings is 3. The fourth-order valence-corrected chi connectivity index (χ4v) is 2.67. The van der Waals surface area contributed by atoms with Gasteiger partial charge in [-0.25, -0.2) is 0 Å². The summed E-state index contributed by atoms with van der Waals surface area (Å²) >= 11 is 5.95. The third kappa shape index (κ3) is 3.72. The van der Waals surface area contributed by atoms with Crippen LogP contribution in [0.1, 0.15) is 11.1 Å². The summed E-state index contributed by atoms with van der Waals surface area (Å²) < 4.78 is 0. The summed E-state index contributed by atoms with van der Waals surface area (Å²) in [5.41, 5.74) is 2.05. The van der Waals surface area contributed by atoms with Crippen molar-refractivity contribution in [1.29, 1.82) is 0 Å². The van der Waals surface area contributed by atoms with Crippen LogP contribution in [0.2, 0.25) is 5.02 Å². The second-order valence-corrected chi connectivity index (χ2v) is 5.45. The number of rotatable bonds is 4. The van der Waals surface area contributed by atoms with Gasteiger partial charge in [0.1, 0.15) is 5.75 Å². The highest BCUT2D eigenvalue weighted by Crippen LogP contribution is 2.22. The van der Waals surface area contributed by atoms with Crippen molar-refractivity contribution < 1.29 is 17.5 Å². The standard InChI is InChI=1S/C18H16ClNO.ClH/c19-16-8-9-18(21)15(10-16)12-20-11-14-6-3-5-13-4-1-2-7-17(13)14;/h1-10,20-21H,11-12H2;1H/p-1. The van der Waals surface area contributed by atoms with Crippen molar-refractivity contribution in [3.63, 3.8) is 0 Å². The first-order chi connectivity index (χ1) is 10.2. The summed E-state index contributed by atoms with van der Waals surface area (Å²) in [5, 5.41) is 16.3. The van der Waals surface area contributed by atoms with Gasteiger partial charge in [-0.1, -0.05) is 54.1 Å². The second kappa shape index (κ2) is 7.50. The van der Waals surface area contributed by atoms with Gasteiger partial charge in [0.2, 0.25) is 0 Å². The first-order valence-electron chi connectivity index (χ1n) is 6.89. The summed E-state index contributed by atoms with van der Waals surface area (Å²) in [6.07, 6.45) is 0. The van der Waals surface area contributed by atoms with Gasteiger partial charge < -0.3 is 22.8 Å². The highest BCUT2D eigenvalue weighted by molar-refractivity contribution is 6.30. The smallest absolute Gasteiger partial charge is 0.120 e. The van der Waals surface area contributed by atoms with Crippen LogP contribution in [0.5, 0.6) is 5.75 Å². The maximum absolute atomic E-state index is 9.81. The topological polar surface area (TPSA) is 32.3 Å². The van der Waals surface area contributed by atoms with Crippen LogP contribution >= 0.6 is 11.6 Å². The Morgan fingerprint density at radius 2 is 1.59 bits per heavy atom. The van der Waals surface area contributed by atoms with Crippen molar-refractivity contribution in [2.75, 3.05) is 0 Å². The summed E-state index contributed by atoms with van der Waals surface area (Å²) in [5.74, 6) is 0.268. The fraction of sp³-hybridized carbons (Fsp3) is 0.111. The van der Waals surface area contributed by atoms with Gasteiger partial charge in [-0.3, -0.25) is 0 Å². The molecular weight excluding hydrogens is 317 g/mol. The predicted molar refractivity (Wildman–Crippen MR) is 87.6 cm³/mol. The maximum Gasteiger partial charge on any atom is 0.120 e. The lowest BCUT2D eigenvalue weighted by molar-refractivity contribution is -0.00000505. The molecule has 2 N–H and O–H groups in total. The minimum Gasteiger partial charge on any atom is -1.00 e. The number of hydrogen-bond acceptors (Lipinski definition) is 2. The van der Waals surface area contributed by atoms with Crippen molar-refractivity contribution >= 4 is 22.4 Å². The fourth-order valence-electron chi connectivity index (χ4n) is 2.47. The average molecular weight is 333 g/mol. The summed E-state index contributed by atoms with van der Waals surface area (Å²) in [4.78, 5) is 0. The van der Waals surface area contributed by atoms with Crippen LogP contribution in [0.25, 0.3) is 10.8 Å². The van der Waals surface area contributed by atoms with Gasteiger partial charge in [-0.15, -0.1) is 0 Å². The van der Waals surface area contributed by atoms with E-state index in [1.54, 1.807) is 18.2 Å². The number of halogens is 2. The predicted octanol–water partition coefficient (Wildman–Crippen LogP) is 1.49. The first-order valence-corrected chi connectivity index (χ1v) is 7.26. The van der Waals surface area contributed by atoms with E-state index in [0.29, 0.717) is 11.6 Å². The van der Waals surface area contributed by atoms with Gasteiger partial charge in [0.25, 0.3) is 0 Å². The van der Waals surface area contributed by atoms with Gasteiger partial charge in [0, 0.05) is 23.7 Å². The van der Waals surface area contributed by atoms with Crippen LogP contribution in [0.4, 0.5) is 0 Å². The lowest BCUT2D eigenvalue weighted by Crippen LogP contribution is -3.00. The molecule has 0 aromatic heterocycles. The SMILES string of the molecule is Oc1ccc(Cl)cc1CNCc1cccc2ccccc12.[Cl-]. The summed E-state index contributed by atoms with van der Waals surface area (Å²) in [7, 11) is 0. The first kappa shape index (κ1) is 16.6. The molecule has 3 aromatic rings. The van der Waals surface area contributed by atoms with Gasteiger partial charge in [0.15, 0.2) is 0 Å². The van der Waals surface area contributed by atoms with Crippen LogP contribution in [0.3, 0.4) is 0 Å². The van der Waals surface area contributed by atoms with Crippen LogP contribution in [0, 0.1) is 0 Å². The third-order valence-corrected chi connectivity index (χ3v) is 3.79. The van der Waals surface area contributed by atoms with Crippen LogP contribution < -0.4 is 17.7 Å². The average Bonchev–Trinajstić information content (AvgIpc) is 2.51. The zero-order valence-corrected chi connectivity index (χ0v) is 13.4. The van der Waals surface area contributed by atoms with Crippen LogP contribution in [0.15, 0.2) is 60.7 Å². The molecule has 3 rings (SSSR count). The monoisotopic (exact) mass is 332 g/mol. The third-order valence-electron chi connectivity index (χ3n) is 3.55. The number of phenolic OH excluding ortho intramolecular Hbond substituents is 1. The molecule has 0 aliphatic rings. The number of aromatic hydroxyl groups is 1. The molecule has 0 heterocycles. The number of fused-ring (bicyclic) bond motifs is 1. The second-order valence-electron chi connectivity index (χ2n) is 5.01. The maximum atomic E-state index is 9.81. The zero-order valence-electron chi connectivity index (χ0n) is 11.9. The molecule has 4 heteroatoms. The molecule has 0 saturated carbocycles. The minimum absolute atomic E-state index is 0. The summed E-state index contributed by atoms with van der Waals surface area (Å²) in [6, 6.07) is 19.7. The quantitative estimate of drug-likeness (QED) is 0.758. The van der Waals surface area contributed by atoms with Crippen molar-refractivity contribution in [2.24, 2.45) is 0 Å². The Bertz CT molecular complexity index is 769. The normalized spacial score (nSPS) is 10.4. The summed E-state index contributed by atoms with van der Waals surface area (Å²) in [6.45, 7) is 1.32. The van der Waals surface area contributed by atoms with Crippen LogP contribution in [-0.4, -0.2) is 5.11 Å². The molecular formula is C18H16Cl2NO-. The number of nitrogens with one attached hydrogen (secondary N) is 1.